The molecule has 0 unspecified atom stereocenters. The van der Waals surface area contributed by atoms with Crippen LogP contribution in [-0.4, -0.2) is 29.3 Å². The molecule has 0 heterocycles. The normalized spacial score (nSPS) is 14.3. The lowest BCUT2D eigenvalue weighted by Gasteiger charge is -2.27. The van der Waals surface area contributed by atoms with Crippen molar-refractivity contribution < 1.29 is 5.11 Å². The summed E-state index contributed by atoms with van der Waals surface area (Å²) >= 11 is 0. The highest BCUT2D eigenvalue weighted by Crippen LogP contribution is 2.31. The molecule has 0 rings (SSSR count). The van der Waals surface area contributed by atoms with E-state index in [2.05, 4.69) is 33.5 Å². The van der Waals surface area contributed by atoms with Crippen LogP contribution in [0.5, 0.6) is 0 Å². The molecular weight excluding hydrogens is 192 g/mol. The molecule has 0 atom stereocenters. The van der Waals surface area contributed by atoms with E-state index in [-0.39, 0.29) is 9.52 Å². The summed E-state index contributed by atoms with van der Waals surface area (Å²) in [6, 6.07) is 0. The zero-order valence-corrected chi connectivity index (χ0v) is 12.4. The van der Waals surface area contributed by atoms with E-state index in [0.717, 1.165) is 6.42 Å². The summed E-state index contributed by atoms with van der Waals surface area (Å²) in [6.45, 7) is 12.5. The minimum atomic E-state index is -0.807. The average molecular weight is 218 g/mol. The van der Waals surface area contributed by atoms with Gasteiger partial charge in [-0.1, -0.05) is 39.2 Å². The van der Waals surface area contributed by atoms with Crippen LogP contribution in [0.2, 0.25) is 30.3 Å². The first-order chi connectivity index (χ1) is 5.77. The van der Waals surface area contributed by atoms with Crippen molar-refractivity contribution in [2.24, 2.45) is 0 Å². The van der Waals surface area contributed by atoms with Gasteiger partial charge in [-0.05, 0) is 17.9 Å². The Kier molecular flexibility index (Phi) is 5.48. The standard InChI is InChI=1S/C10H26OSi2/c1-10(2,7-6-8-11)12-9-13(3,4)5/h11H,6-9,12H2,1-5H3. The van der Waals surface area contributed by atoms with Crippen molar-refractivity contribution in [2.45, 2.75) is 57.0 Å². The van der Waals surface area contributed by atoms with Gasteiger partial charge >= 0.3 is 0 Å². The van der Waals surface area contributed by atoms with E-state index in [9.17, 15) is 0 Å². The second-order valence-corrected chi connectivity index (χ2v) is 15.6. The molecule has 0 aromatic rings. The molecular formula is C10H26OSi2. The summed E-state index contributed by atoms with van der Waals surface area (Å²) < 4.78 is 0. The van der Waals surface area contributed by atoms with Crippen molar-refractivity contribution in [3.63, 3.8) is 0 Å². The molecule has 1 N–H and O–H groups in total. The molecule has 0 saturated heterocycles. The molecule has 0 spiro atoms. The van der Waals surface area contributed by atoms with Crippen LogP contribution in [-0.2, 0) is 0 Å². The molecule has 0 aliphatic heterocycles. The monoisotopic (exact) mass is 218 g/mol. The van der Waals surface area contributed by atoms with E-state index in [1.807, 2.05) is 0 Å². The predicted molar refractivity (Wildman–Crippen MR) is 67.1 cm³/mol. The Balaban J connectivity index is 3.75. The molecule has 0 aliphatic carbocycles. The zero-order valence-electron chi connectivity index (χ0n) is 9.98. The highest BCUT2D eigenvalue weighted by Gasteiger charge is 2.22. The smallest absolute Gasteiger partial charge is 0.0431 e. The summed E-state index contributed by atoms with van der Waals surface area (Å²) in [5.41, 5.74) is 1.55. The van der Waals surface area contributed by atoms with E-state index in [0.29, 0.717) is 11.6 Å². The Morgan fingerprint density at radius 2 is 1.77 bits per heavy atom. The van der Waals surface area contributed by atoms with Crippen molar-refractivity contribution in [1.29, 1.82) is 0 Å². The van der Waals surface area contributed by atoms with Crippen molar-refractivity contribution in [2.75, 3.05) is 6.61 Å². The van der Waals surface area contributed by atoms with Gasteiger partial charge in [-0.15, -0.1) is 0 Å². The summed E-state index contributed by atoms with van der Waals surface area (Å²) in [5, 5.41) is 9.35. The lowest BCUT2D eigenvalue weighted by atomic mass is 10.1. The molecule has 3 heteroatoms. The summed E-state index contributed by atoms with van der Waals surface area (Å²) in [5.74, 6) is 0. The van der Waals surface area contributed by atoms with Crippen LogP contribution in [0, 0.1) is 0 Å². The number of rotatable bonds is 6. The number of aliphatic hydroxyl groups excluding tert-OH is 1. The van der Waals surface area contributed by atoms with Crippen LogP contribution >= 0.6 is 0 Å². The first-order valence-corrected chi connectivity index (χ1v) is 10.8. The Labute approximate surface area is 86.8 Å². The van der Waals surface area contributed by atoms with Crippen molar-refractivity contribution >= 4 is 17.6 Å². The van der Waals surface area contributed by atoms with Crippen LogP contribution in [0.4, 0.5) is 0 Å². The highest BCUT2D eigenvalue weighted by atomic mass is 28.4. The van der Waals surface area contributed by atoms with Crippen molar-refractivity contribution in [3.8, 4) is 0 Å². The van der Waals surface area contributed by atoms with Crippen LogP contribution in [0.3, 0.4) is 0 Å². The Bertz CT molecular complexity index is 138. The first-order valence-electron chi connectivity index (χ1n) is 5.38. The molecule has 13 heavy (non-hydrogen) atoms. The first kappa shape index (κ1) is 13.4. The van der Waals surface area contributed by atoms with Gasteiger partial charge in [0, 0.05) is 24.2 Å². The largest absolute Gasteiger partial charge is 0.396 e. The molecule has 0 radical (unpaired) electrons. The number of hydrogen-bond acceptors (Lipinski definition) is 1. The second kappa shape index (κ2) is 5.32. The molecule has 80 valence electrons. The molecule has 0 aromatic carbocycles. The summed E-state index contributed by atoms with van der Waals surface area (Å²) in [4.78, 5) is 0. The molecule has 1 nitrogen and oxygen atoms in total. The van der Waals surface area contributed by atoms with Crippen LogP contribution in [0.25, 0.3) is 0 Å². The molecule has 0 bridgehead atoms. The van der Waals surface area contributed by atoms with Crippen LogP contribution < -0.4 is 0 Å². The van der Waals surface area contributed by atoms with Gasteiger partial charge < -0.3 is 5.11 Å². The maximum atomic E-state index is 8.78. The fourth-order valence-electron chi connectivity index (χ4n) is 1.40. The van der Waals surface area contributed by atoms with Gasteiger partial charge in [-0.3, -0.25) is 0 Å². The summed E-state index contributed by atoms with van der Waals surface area (Å²) in [6.07, 6.45) is 2.21. The van der Waals surface area contributed by atoms with E-state index < -0.39 is 8.07 Å². The van der Waals surface area contributed by atoms with Gasteiger partial charge in [0.15, 0.2) is 0 Å². The Morgan fingerprint density at radius 3 is 2.15 bits per heavy atom. The molecule has 0 fully saturated rings. The molecule has 0 saturated carbocycles. The van der Waals surface area contributed by atoms with Crippen LogP contribution in [0.1, 0.15) is 26.7 Å². The third kappa shape index (κ3) is 8.72. The predicted octanol–water partition coefficient (Wildman–Crippen LogP) is 2.42. The van der Waals surface area contributed by atoms with Gasteiger partial charge in [-0.2, -0.15) is 0 Å². The minimum Gasteiger partial charge on any atom is -0.396 e. The molecule has 0 amide bonds. The third-order valence-corrected chi connectivity index (χ3v) is 11.3. The summed E-state index contributed by atoms with van der Waals surface area (Å²) in [7, 11) is -0.742. The minimum absolute atomic E-state index is 0.0654. The highest BCUT2D eigenvalue weighted by molar-refractivity contribution is 6.83. The fraction of sp³-hybridized carbons (Fsp3) is 1.00. The second-order valence-electron chi connectivity index (χ2n) is 6.05. The fourth-order valence-corrected chi connectivity index (χ4v) is 7.60. The van der Waals surface area contributed by atoms with E-state index >= 15 is 0 Å². The van der Waals surface area contributed by atoms with E-state index in [4.69, 9.17) is 5.11 Å². The number of hydrogen-bond donors (Lipinski definition) is 1. The lowest BCUT2D eigenvalue weighted by molar-refractivity contribution is 0.277. The Morgan fingerprint density at radius 1 is 1.23 bits per heavy atom. The van der Waals surface area contributed by atoms with Crippen molar-refractivity contribution in [3.05, 3.63) is 0 Å². The molecule has 0 aliphatic rings. The average Bonchev–Trinajstić information content (AvgIpc) is 1.97. The SMILES string of the molecule is CC(C)(CCCO)[SiH2]C[Si](C)(C)C. The lowest BCUT2D eigenvalue weighted by Crippen LogP contribution is -2.27. The van der Waals surface area contributed by atoms with Gasteiger partial charge in [0.05, 0.1) is 0 Å². The number of aliphatic hydroxyl groups is 1. The van der Waals surface area contributed by atoms with Crippen molar-refractivity contribution in [1.82, 2.24) is 0 Å². The topological polar surface area (TPSA) is 20.2 Å². The van der Waals surface area contributed by atoms with Gasteiger partial charge in [0.25, 0.3) is 0 Å². The quantitative estimate of drug-likeness (QED) is 0.679. The van der Waals surface area contributed by atoms with Crippen LogP contribution in [0.15, 0.2) is 0 Å². The van der Waals surface area contributed by atoms with Gasteiger partial charge in [0.2, 0.25) is 0 Å². The Hall–Kier alpha value is 0.394. The van der Waals surface area contributed by atoms with Gasteiger partial charge in [0.1, 0.15) is 0 Å². The van der Waals surface area contributed by atoms with E-state index in [1.54, 1.807) is 5.67 Å². The molecule has 0 aromatic heterocycles. The third-order valence-electron chi connectivity index (χ3n) is 2.56. The maximum Gasteiger partial charge on any atom is 0.0431 e. The van der Waals surface area contributed by atoms with Gasteiger partial charge in [-0.25, -0.2) is 0 Å². The van der Waals surface area contributed by atoms with E-state index in [1.165, 1.54) is 6.42 Å². The maximum absolute atomic E-state index is 8.78. The zero-order chi connectivity index (χ0) is 10.5.